The summed E-state index contributed by atoms with van der Waals surface area (Å²) < 4.78 is 15.6. The highest BCUT2D eigenvalue weighted by Gasteiger charge is 2.32. The predicted octanol–water partition coefficient (Wildman–Crippen LogP) is 2.27. The molecule has 1 aromatic carbocycles. The fraction of sp³-hybridized carbons (Fsp3) is 0.474. The Hall–Kier alpha value is -2.21. The van der Waals surface area contributed by atoms with Crippen molar-refractivity contribution in [3.05, 3.63) is 53.9 Å². The molecule has 0 saturated carbocycles. The normalized spacial score (nSPS) is 21.2. The van der Waals surface area contributed by atoms with Crippen LogP contribution < -0.4 is 5.32 Å². The first-order valence-electron chi connectivity index (χ1n) is 8.73. The number of rotatable bonds is 5. The number of halogens is 1. The number of amides is 1. The molecule has 1 N–H and O–H groups in total. The molecule has 5 nitrogen and oxygen atoms in total. The number of benzene rings is 1. The second-order valence-corrected chi connectivity index (χ2v) is 6.82. The first kappa shape index (κ1) is 17.6. The molecule has 1 amide bonds. The molecule has 6 heteroatoms. The molecule has 25 heavy (non-hydrogen) atoms. The Morgan fingerprint density at radius 3 is 2.96 bits per heavy atom. The van der Waals surface area contributed by atoms with Gasteiger partial charge in [-0.2, -0.15) is 0 Å². The number of nitrogens with one attached hydrogen (secondary N) is 1. The number of hydrogen-bond acceptors (Lipinski definition) is 3. The van der Waals surface area contributed by atoms with Gasteiger partial charge in [0.15, 0.2) is 0 Å². The van der Waals surface area contributed by atoms with Gasteiger partial charge < -0.3 is 9.88 Å². The van der Waals surface area contributed by atoms with E-state index in [0.717, 1.165) is 37.2 Å². The van der Waals surface area contributed by atoms with Crippen LogP contribution in [0.15, 0.2) is 36.8 Å². The maximum Gasteiger partial charge on any atom is 0.217 e. The highest BCUT2D eigenvalue weighted by molar-refractivity contribution is 5.73. The Labute approximate surface area is 147 Å². The van der Waals surface area contributed by atoms with Crippen LogP contribution in [-0.4, -0.2) is 39.0 Å². The van der Waals surface area contributed by atoms with E-state index in [0.29, 0.717) is 6.42 Å². The third kappa shape index (κ3) is 4.45. The van der Waals surface area contributed by atoms with E-state index in [-0.39, 0.29) is 23.8 Å². The maximum atomic E-state index is 13.6. The minimum Gasteiger partial charge on any atom is -0.352 e. The summed E-state index contributed by atoms with van der Waals surface area (Å²) in [6.07, 6.45) is 6.36. The van der Waals surface area contributed by atoms with E-state index >= 15 is 0 Å². The van der Waals surface area contributed by atoms with E-state index < -0.39 is 0 Å². The molecule has 2 atom stereocenters. The monoisotopic (exact) mass is 344 g/mol. The summed E-state index contributed by atoms with van der Waals surface area (Å²) in [6, 6.07) is 6.94. The minimum atomic E-state index is -0.220. The van der Waals surface area contributed by atoms with Crippen LogP contribution in [-0.2, 0) is 24.8 Å². The number of piperidine rings is 1. The highest BCUT2D eigenvalue weighted by Crippen LogP contribution is 2.24. The molecule has 1 aliphatic rings. The number of imidazole rings is 1. The van der Waals surface area contributed by atoms with Crippen molar-refractivity contribution in [1.82, 2.24) is 19.8 Å². The third-order valence-corrected chi connectivity index (χ3v) is 4.90. The first-order chi connectivity index (χ1) is 12.0. The highest BCUT2D eigenvalue weighted by atomic mass is 19.1. The van der Waals surface area contributed by atoms with E-state index in [2.05, 4.69) is 15.2 Å². The van der Waals surface area contributed by atoms with Crippen LogP contribution in [0, 0.1) is 5.82 Å². The van der Waals surface area contributed by atoms with Crippen LogP contribution >= 0.6 is 0 Å². The van der Waals surface area contributed by atoms with Crippen molar-refractivity contribution >= 4 is 5.91 Å². The van der Waals surface area contributed by atoms with Crippen LogP contribution in [0.2, 0.25) is 0 Å². The van der Waals surface area contributed by atoms with Crippen LogP contribution in [0.4, 0.5) is 4.39 Å². The average molecular weight is 344 g/mol. The summed E-state index contributed by atoms with van der Waals surface area (Å²) >= 11 is 0. The van der Waals surface area contributed by atoms with Gasteiger partial charge >= 0.3 is 0 Å². The van der Waals surface area contributed by atoms with E-state index in [1.54, 1.807) is 25.4 Å². The molecular formula is C19H25FN4O. The van der Waals surface area contributed by atoms with Crippen molar-refractivity contribution in [2.24, 2.45) is 7.05 Å². The van der Waals surface area contributed by atoms with Crippen LogP contribution in [0.25, 0.3) is 0 Å². The molecule has 134 valence electrons. The Morgan fingerprint density at radius 2 is 2.28 bits per heavy atom. The standard InChI is InChI=1S/C19H25FN4O/c1-14(25)22-18-7-4-8-24(12-17-11-21-13-23(17)2)19(18)10-15-5-3-6-16(20)9-15/h3,5-6,9,11,13,18-19H,4,7-8,10,12H2,1-2H3,(H,22,25)/t18-,19-/m0/s1. The van der Waals surface area contributed by atoms with Gasteiger partial charge in [0.25, 0.3) is 0 Å². The molecule has 1 fully saturated rings. The lowest BCUT2D eigenvalue weighted by atomic mass is 9.90. The molecule has 1 saturated heterocycles. The minimum absolute atomic E-state index is 0.0170. The first-order valence-corrected chi connectivity index (χ1v) is 8.73. The van der Waals surface area contributed by atoms with Crippen molar-refractivity contribution in [3.8, 4) is 0 Å². The van der Waals surface area contributed by atoms with Gasteiger partial charge in [0.2, 0.25) is 5.91 Å². The number of aryl methyl sites for hydroxylation is 1. The lowest BCUT2D eigenvalue weighted by Gasteiger charge is -2.41. The van der Waals surface area contributed by atoms with E-state index in [1.807, 2.05) is 23.9 Å². The van der Waals surface area contributed by atoms with Crippen molar-refractivity contribution < 1.29 is 9.18 Å². The molecule has 1 aliphatic heterocycles. The molecule has 0 spiro atoms. The predicted molar refractivity (Wildman–Crippen MR) is 94.3 cm³/mol. The molecule has 2 aromatic rings. The molecular weight excluding hydrogens is 319 g/mol. The van der Waals surface area contributed by atoms with Crippen molar-refractivity contribution in [2.45, 2.75) is 44.8 Å². The van der Waals surface area contributed by atoms with Crippen molar-refractivity contribution in [1.29, 1.82) is 0 Å². The Kier molecular flexibility index (Phi) is 5.48. The van der Waals surface area contributed by atoms with Crippen LogP contribution in [0.3, 0.4) is 0 Å². The zero-order valence-electron chi connectivity index (χ0n) is 14.8. The average Bonchev–Trinajstić information content (AvgIpc) is 2.95. The number of carbonyl (C=O) groups excluding carboxylic acids is 1. The van der Waals surface area contributed by atoms with Gasteiger partial charge in [0.1, 0.15) is 5.82 Å². The zero-order valence-corrected chi connectivity index (χ0v) is 14.8. The van der Waals surface area contributed by atoms with E-state index in [4.69, 9.17) is 0 Å². The fourth-order valence-electron chi connectivity index (χ4n) is 3.67. The van der Waals surface area contributed by atoms with Crippen LogP contribution in [0.5, 0.6) is 0 Å². The third-order valence-electron chi connectivity index (χ3n) is 4.90. The number of nitrogens with zero attached hydrogens (tertiary/aromatic N) is 3. The molecule has 0 radical (unpaired) electrons. The lowest BCUT2D eigenvalue weighted by molar-refractivity contribution is -0.120. The Bertz CT molecular complexity index is 730. The molecule has 0 aliphatic carbocycles. The van der Waals surface area contributed by atoms with Crippen LogP contribution in [0.1, 0.15) is 31.0 Å². The molecule has 0 unspecified atom stereocenters. The topological polar surface area (TPSA) is 50.2 Å². The quantitative estimate of drug-likeness (QED) is 0.905. The largest absolute Gasteiger partial charge is 0.352 e. The van der Waals surface area contributed by atoms with E-state index in [1.165, 1.54) is 6.07 Å². The second kappa shape index (κ2) is 7.78. The number of carbonyl (C=O) groups is 1. The number of hydrogen-bond donors (Lipinski definition) is 1. The molecule has 3 rings (SSSR count). The van der Waals surface area contributed by atoms with Gasteiger partial charge in [-0.3, -0.25) is 9.69 Å². The van der Waals surface area contributed by atoms with Gasteiger partial charge in [0, 0.05) is 38.8 Å². The van der Waals surface area contributed by atoms with Crippen molar-refractivity contribution in [2.75, 3.05) is 6.54 Å². The summed E-state index contributed by atoms with van der Waals surface area (Å²) in [5, 5.41) is 3.09. The number of likely N-dealkylation sites (tertiary alicyclic amines) is 1. The van der Waals surface area contributed by atoms with Gasteiger partial charge in [0.05, 0.1) is 12.0 Å². The fourth-order valence-corrected chi connectivity index (χ4v) is 3.67. The molecule has 0 bridgehead atoms. The maximum absolute atomic E-state index is 13.6. The summed E-state index contributed by atoms with van der Waals surface area (Å²) in [4.78, 5) is 18.2. The Balaban J connectivity index is 1.82. The van der Waals surface area contributed by atoms with Gasteiger partial charge in [-0.15, -0.1) is 0 Å². The molecule has 1 aromatic heterocycles. The Morgan fingerprint density at radius 1 is 1.44 bits per heavy atom. The number of aromatic nitrogens is 2. The SMILES string of the molecule is CC(=O)N[C@H]1CCCN(Cc2cncn2C)[C@H]1Cc1cccc(F)c1. The smallest absolute Gasteiger partial charge is 0.217 e. The molecule has 2 heterocycles. The summed E-state index contributed by atoms with van der Waals surface area (Å²) in [7, 11) is 1.99. The van der Waals surface area contributed by atoms with Gasteiger partial charge in [-0.1, -0.05) is 12.1 Å². The lowest BCUT2D eigenvalue weighted by Crippen LogP contribution is -2.55. The summed E-state index contributed by atoms with van der Waals surface area (Å²) in [5.74, 6) is -0.237. The van der Waals surface area contributed by atoms with Crippen molar-refractivity contribution in [3.63, 3.8) is 0 Å². The zero-order chi connectivity index (χ0) is 17.8. The summed E-state index contributed by atoms with van der Waals surface area (Å²) in [5.41, 5.74) is 2.09. The van der Waals surface area contributed by atoms with Gasteiger partial charge in [-0.05, 0) is 43.5 Å². The van der Waals surface area contributed by atoms with E-state index in [9.17, 15) is 9.18 Å². The van der Waals surface area contributed by atoms with Gasteiger partial charge in [-0.25, -0.2) is 9.37 Å². The summed E-state index contributed by atoms with van der Waals surface area (Å²) in [6.45, 7) is 3.28. The second-order valence-electron chi connectivity index (χ2n) is 6.82.